The summed E-state index contributed by atoms with van der Waals surface area (Å²) in [5, 5.41) is 8.53. The number of aliphatic imine (C=N–C) groups is 1. The summed E-state index contributed by atoms with van der Waals surface area (Å²) in [5.41, 5.74) is 0. The number of hydrogen-bond acceptors (Lipinski definition) is 3. The summed E-state index contributed by atoms with van der Waals surface area (Å²) in [7, 11) is 0. The Bertz CT molecular complexity index is 189. The highest BCUT2D eigenvalue weighted by molar-refractivity contribution is 5.34. The molecule has 0 aromatic carbocycles. The zero-order chi connectivity index (χ0) is 8.69. The molecule has 0 aromatic rings. The number of nitriles is 1. The Morgan fingerprint density at radius 1 is 1.64 bits per heavy atom. The maximum absolute atomic E-state index is 9.84. The van der Waals surface area contributed by atoms with E-state index < -0.39 is 6.04 Å². The van der Waals surface area contributed by atoms with Crippen LogP contribution in [-0.2, 0) is 4.79 Å². The van der Waals surface area contributed by atoms with Crippen LogP contribution in [0.3, 0.4) is 0 Å². The number of hydrogen-bond donors (Lipinski definition) is 0. The molecule has 0 saturated carbocycles. The third-order valence-electron chi connectivity index (χ3n) is 1.61. The first-order valence-electron chi connectivity index (χ1n) is 3.72. The molecule has 60 valence electrons. The van der Waals surface area contributed by atoms with E-state index in [4.69, 9.17) is 5.26 Å². The molecule has 11 heavy (non-hydrogen) atoms. The molecule has 0 aliphatic heterocycles. The molecule has 0 heterocycles. The second-order valence-electron chi connectivity index (χ2n) is 2.56. The van der Waals surface area contributed by atoms with Crippen LogP contribution in [0.5, 0.6) is 0 Å². The lowest BCUT2D eigenvalue weighted by Crippen LogP contribution is -2.12. The largest absolute Gasteiger partial charge is 0.236 e. The summed E-state index contributed by atoms with van der Waals surface area (Å²) in [6.07, 6.45) is 3.34. The molecule has 0 fully saturated rings. The molecule has 3 nitrogen and oxygen atoms in total. The SMILES string of the molecule is CCCC(C)C(C#N)N=C=O. The second-order valence-corrected chi connectivity index (χ2v) is 2.56. The zero-order valence-electron chi connectivity index (χ0n) is 6.87. The third-order valence-corrected chi connectivity index (χ3v) is 1.61. The first-order valence-corrected chi connectivity index (χ1v) is 3.72. The van der Waals surface area contributed by atoms with Crippen molar-refractivity contribution in [1.29, 1.82) is 5.26 Å². The Morgan fingerprint density at radius 3 is 2.64 bits per heavy atom. The van der Waals surface area contributed by atoms with Crippen molar-refractivity contribution in [2.45, 2.75) is 32.7 Å². The summed E-state index contributed by atoms with van der Waals surface area (Å²) in [5.74, 6) is 0.159. The first-order chi connectivity index (χ1) is 5.26. The van der Waals surface area contributed by atoms with E-state index in [1.54, 1.807) is 0 Å². The molecule has 0 aliphatic rings. The molecule has 0 saturated heterocycles. The van der Waals surface area contributed by atoms with E-state index in [2.05, 4.69) is 4.99 Å². The van der Waals surface area contributed by atoms with Gasteiger partial charge in [-0.05, 0) is 12.3 Å². The summed E-state index contributed by atoms with van der Waals surface area (Å²) in [6, 6.07) is 1.45. The highest BCUT2D eigenvalue weighted by atomic mass is 16.1. The van der Waals surface area contributed by atoms with Crippen LogP contribution in [-0.4, -0.2) is 12.1 Å². The standard InChI is InChI=1S/C8H12N2O/c1-3-4-7(2)8(5-9)10-6-11/h7-8H,3-4H2,1-2H3. The lowest BCUT2D eigenvalue weighted by Gasteiger charge is -2.09. The van der Waals surface area contributed by atoms with Gasteiger partial charge in [-0.2, -0.15) is 10.3 Å². The van der Waals surface area contributed by atoms with Crippen LogP contribution in [0, 0.1) is 17.2 Å². The molecule has 0 aromatic heterocycles. The topological polar surface area (TPSA) is 53.2 Å². The Kier molecular flexibility index (Phi) is 5.06. The predicted molar refractivity (Wildman–Crippen MR) is 41.6 cm³/mol. The van der Waals surface area contributed by atoms with Crippen LogP contribution in [0.1, 0.15) is 26.7 Å². The van der Waals surface area contributed by atoms with Gasteiger partial charge in [0.2, 0.25) is 6.08 Å². The van der Waals surface area contributed by atoms with Gasteiger partial charge in [-0.1, -0.05) is 20.3 Å². The predicted octanol–water partition coefficient (Wildman–Crippen LogP) is 1.65. The highest BCUT2D eigenvalue weighted by Crippen LogP contribution is 2.12. The third kappa shape index (κ3) is 3.54. The van der Waals surface area contributed by atoms with Crippen LogP contribution < -0.4 is 0 Å². The summed E-state index contributed by atoms with van der Waals surface area (Å²) < 4.78 is 0. The zero-order valence-corrected chi connectivity index (χ0v) is 6.87. The van der Waals surface area contributed by atoms with E-state index in [-0.39, 0.29) is 5.92 Å². The lowest BCUT2D eigenvalue weighted by molar-refractivity contribution is 0.477. The van der Waals surface area contributed by atoms with Gasteiger partial charge in [-0.15, -0.1) is 0 Å². The van der Waals surface area contributed by atoms with Gasteiger partial charge in [-0.3, -0.25) is 0 Å². The Morgan fingerprint density at radius 2 is 2.27 bits per heavy atom. The van der Waals surface area contributed by atoms with Crippen molar-refractivity contribution >= 4 is 6.08 Å². The van der Waals surface area contributed by atoms with E-state index in [0.29, 0.717) is 0 Å². The molecule has 0 bridgehead atoms. The fraction of sp³-hybridized carbons (Fsp3) is 0.750. The highest BCUT2D eigenvalue weighted by Gasteiger charge is 2.13. The minimum atomic E-state index is -0.507. The second kappa shape index (κ2) is 5.64. The molecule has 0 spiro atoms. The van der Waals surface area contributed by atoms with Crippen molar-refractivity contribution in [1.82, 2.24) is 0 Å². The van der Waals surface area contributed by atoms with Gasteiger partial charge in [0.25, 0.3) is 0 Å². The molecule has 2 atom stereocenters. The van der Waals surface area contributed by atoms with Crippen LogP contribution in [0.15, 0.2) is 4.99 Å². The minimum absolute atomic E-state index is 0.159. The van der Waals surface area contributed by atoms with Crippen LogP contribution >= 0.6 is 0 Å². The van der Waals surface area contributed by atoms with Gasteiger partial charge >= 0.3 is 0 Å². The van der Waals surface area contributed by atoms with Gasteiger partial charge in [0, 0.05) is 0 Å². The number of nitrogens with zero attached hydrogens (tertiary/aromatic N) is 2. The normalized spacial score (nSPS) is 14.3. The van der Waals surface area contributed by atoms with Crippen molar-refractivity contribution in [3.63, 3.8) is 0 Å². The molecule has 2 unspecified atom stereocenters. The summed E-state index contributed by atoms with van der Waals surface area (Å²) in [4.78, 5) is 13.2. The van der Waals surface area contributed by atoms with E-state index in [0.717, 1.165) is 12.8 Å². The first kappa shape index (κ1) is 9.87. The maximum atomic E-state index is 9.84. The fourth-order valence-electron chi connectivity index (χ4n) is 0.953. The summed E-state index contributed by atoms with van der Waals surface area (Å²) >= 11 is 0. The van der Waals surface area contributed by atoms with E-state index in [1.165, 1.54) is 6.08 Å². The Labute approximate surface area is 66.7 Å². The number of rotatable bonds is 4. The van der Waals surface area contributed by atoms with Crippen LogP contribution in [0.2, 0.25) is 0 Å². The van der Waals surface area contributed by atoms with Crippen LogP contribution in [0.4, 0.5) is 0 Å². The smallest absolute Gasteiger partial charge is 0.211 e. The van der Waals surface area contributed by atoms with Gasteiger partial charge < -0.3 is 0 Å². The van der Waals surface area contributed by atoms with Crippen molar-refractivity contribution in [2.24, 2.45) is 10.9 Å². The quantitative estimate of drug-likeness (QED) is 0.454. The van der Waals surface area contributed by atoms with E-state index >= 15 is 0 Å². The number of carbonyl (C=O) groups excluding carboxylic acids is 1. The molecule has 0 N–H and O–H groups in total. The van der Waals surface area contributed by atoms with Gasteiger partial charge in [0.1, 0.15) is 0 Å². The maximum Gasteiger partial charge on any atom is 0.236 e. The molecule has 0 amide bonds. The Balaban J connectivity index is 4.04. The average Bonchev–Trinajstić information content (AvgIpc) is 2.00. The monoisotopic (exact) mass is 152 g/mol. The molecular weight excluding hydrogens is 140 g/mol. The molecule has 3 heteroatoms. The molecule has 0 rings (SSSR count). The van der Waals surface area contributed by atoms with Crippen molar-refractivity contribution in [3.05, 3.63) is 0 Å². The lowest BCUT2D eigenvalue weighted by atomic mass is 9.99. The minimum Gasteiger partial charge on any atom is -0.211 e. The van der Waals surface area contributed by atoms with Crippen molar-refractivity contribution in [2.75, 3.05) is 0 Å². The van der Waals surface area contributed by atoms with E-state index in [1.807, 2.05) is 19.9 Å². The van der Waals surface area contributed by atoms with Crippen molar-refractivity contribution in [3.8, 4) is 6.07 Å². The van der Waals surface area contributed by atoms with Crippen LogP contribution in [0.25, 0.3) is 0 Å². The fourth-order valence-corrected chi connectivity index (χ4v) is 0.953. The van der Waals surface area contributed by atoms with Gasteiger partial charge in [0.15, 0.2) is 6.04 Å². The van der Waals surface area contributed by atoms with Crippen molar-refractivity contribution < 1.29 is 4.79 Å². The van der Waals surface area contributed by atoms with Gasteiger partial charge in [0.05, 0.1) is 6.07 Å². The Hall–Kier alpha value is -1.13. The number of isocyanates is 1. The average molecular weight is 152 g/mol. The summed E-state index contributed by atoms with van der Waals surface area (Å²) in [6.45, 7) is 3.95. The molecule has 0 radical (unpaired) electrons. The van der Waals surface area contributed by atoms with Gasteiger partial charge in [-0.25, -0.2) is 4.79 Å². The molecule has 0 aliphatic carbocycles. The molecular formula is C8H12N2O. The van der Waals surface area contributed by atoms with E-state index in [9.17, 15) is 4.79 Å².